The lowest BCUT2D eigenvalue weighted by Crippen LogP contribution is -2.49. The van der Waals surface area contributed by atoms with Crippen molar-refractivity contribution >= 4 is 12.0 Å². The number of ether oxygens (including phenoxy) is 1. The maximum atomic E-state index is 12.7. The maximum absolute atomic E-state index is 12.7. The number of piperidine rings is 1. The number of aliphatic hydroxyl groups is 1. The Kier molecular flexibility index (Phi) is 5.51. The molecule has 0 aromatic heterocycles. The molecule has 1 spiro atoms. The van der Waals surface area contributed by atoms with Crippen molar-refractivity contribution < 1.29 is 19.4 Å². The Morgan fingerprint density at radius 3 is 2.50 bits per heavy atom. The quantitative estimate of drug-likeness (QED) is 0.877. The molecule has 2 heterocycles. The Morgan fingerprint density at radius 2 is 1.92 bits per heavy atom. The highest BCUT2D eigenvalue weighted by molar-refractivity contribution is 5.94. The summed E-state index contributed by atoms with van der Waals surface area (Å²) in [6, 6.07) is 7.23. The average Bonchev–Trinajstić information content (AvgIpc) is 2.98. The lowest BCUT2D eigenvalue weighted by molar-refractivity contribution is 0.00306. The molecule has 1 aromatic rings. The van der Waals surface area contributed by atoms with Gasteiger partial charge in [-0.05, 0) is 31.0 Å². The summed E-state index contributed by atoms with van der Waals surface area (Å²) < 4.78 is 5.76. The Hall–Kier alpha value is -2.08. The first-order chi connectivity index (χ1) is 12.5. The van der Waals surface area contributed by atoms with E-state index in [9.17, 15) is 9.59 Å². The molecule has 142 valence electrons. The molecule has 2 fully saturated rings. The summed E-state index contributed by atoms with van der Waals surface area (Å²) in [6.07, 6.45) is 3.14. The second-order valence-corrected chi connectivity index (χ2v) is 7.46. The van der Waals surface area contributed by atoms with Crippen molar-refractivity contribution in [2.45, 2.75) is 57.8 Å². The fraction of sp³-hybridized carbons (Fsp3) is 0.600. The van der Waals surface area contributed by atoms with Gasteiger partial charge in [0.05, 0.1) is 13.2 Å². The van der Waals surface area contributed by atoms with Gasteiger partial charge in [0.15, 0.2) is 0 Å². The maximum Gasteiger partial charge on any atom is 0.410 e. The van der Waals surface area contributed by atoms with Crippen molar-refractivity contribution in [3.63, 3.8) is 0 Å². The van der Waals surface area contributed by atoms with Gasteiger partial charge in [-0.15, -0.1) is 0 Å². The summed E-state index contributed by atoms with van der Waals surface area (Å²) in [6.45, 7) is 5.95. The van der Waals surface area contributed by atoms with E-state index < -0.39 is 5.60 Å². The van der Waals surface area contributed by atoms with Crippen LogP contribution in [-0.4, -0.2) is 58.2 Å². The molecule has 3 rings (SSSR count). The highest BCUT2D eigenvalue weighted by atomic mass is 16.6. The molecule has 6 nitrogen and oxygen atoms in total. The molecule has 2 saturated heterocycles. The summed E-state index contributed by atoms with van der Waals surface area (Å²) in [7, 11) is 0. The smallest absolute Gasteiger partial charge is 0.410 e. The largest absolute Gasteiger partial charge is 0.441 e. The van der Waals surface area contributed by atoms with Gasteiger partial charge in [-0.2, -0.15) is 0 Å². The van der Waals surface area contributed by atoms with Gasteiger partial charge in [0, 0.05) is 37.5 Å². The van der Waals surface area contributed by atoms with Crippen LogP contribution in [0.5, 0.6) is 0 Å². The predicted octanol–water partition coefficient (Wildman–Crippen LogP) is 2.79. The molecule has 6 heteroatoms. The van der Waals surface area contributed by atoms with Gasteiger partial charge in [-0.25, -0.2) is 4.79 Å². The molecular formula is C20H28N2O4. The predicted molar refractivity (Wildman–Crippen MR) is 97.8 cm³/mol. The van der Waals surface area contributed by atoms with Gasteiger partial charge < -0.3 is 19.6 Å². The molecule has 2 aliphatic rings. The molecule has 2 aliphatic heterocycles. The number of carbonyl (C=O) groups is 2. The number of nitrogens with zero attached hydrogens (tertiary/aromatic N) is 2. The topological polar surface area (TPSA) is 70.1 Å². The summed E-state index contributed by atoms with van der Waals surface area (Å²) >= 11 is 0. The minimum Gasteiger partial charge on any atom is -0.441 e. The van der Waals surface area contributed by atoms with Crippen LogP contribution in [0.2, 0.25) is 0 Å². The summed E-state index contributed by atoms with van der Waals surface area (Å²) in [5.74, 6) is -0.00938. The Labute approximate surface area is 154 Å². The van der Waals surface area contributed by atoms with Crippen molar-refractivity contribution in [2.75, 3.05) is 19.6 Å². The number of benzene rings is 1. The van der Waals surface area contributed by atoms with E-state index in [1.807, 2.05) is 9.80 Å². The zero-order chi connectivity index (χ0) is 18.7. The van der Waals surface area contributed by atoms with E-state index in [0.717, 1.165) is 18.4 Å². The summed E-state index contributed by atoms with van der Waals surface area (Å²) in [5, 5.41) is 9.11. The van der Waals surface area contributed by atoms with Crippen LogP contribution in [0.4, 0.5) is 4.79 Å². The second kappa shape index (κ2) is 7.66. The fourth-order valence-electron chi connectivity index (χ4n) is 3.87. The van der Waals surface area contributed by atoms with Crippen LogP contribution in [0.1, 0.15) is 55.5 Å². The average molecular weight is 360 g/mol. The third kappa shape index (κ3) is 3.70. The van der Waals surface area contributed by atoms with Crippen molar-refractivity contribution in [1.29, 1.82) is 0 Å². The van der Waals surface area contributed by atoms with Crippen LogP contribution in [0.15, 0.2) is 24.3 Å². The van der Waals surface area contributed by atoms with Gasteiger partial charge in [0.2, 0.25) is 0 Å². The fourth-order valence-corrected chi connectivity index (χ4v) is 3.87. The zero-order valence-electron chi connectivity index (χ0n) is 15.6. The van der Waals surface area contributed by atoms with Crippen molar-refractivity contribution in [3.05, 3.63) is 35.4 Å². The van der Waals surface area contributed by atoms with Crippen LogP contribution in [-0.2, 0) is 11.3 Å². The molecule has 1 atom stereocenters. The van der Waals surface area contributed by atoms with Crippen LogP contribution in [0, 0.1) is 0 Å². The molecular weight excluding hydrogens is 332 g/mol. The van der Waals surface area contributed by atoms with Gasteiger partial charge in [-0.3, -0.25) is 4.79 Å². The van der Waals surface area contributed by atoms with E-state index in [0.29, 0.717) is 38.0 Å². The summed E-state index contributed by atoms with van der Waals surface area (Å²) in [5.41, 5.74) is 0.967. The number of likely N-dealkylation sites (tertiary alicyclic amines) is 1. The normalized spacial score (nSPS) is 20.3. The van der Waals surface area contributed by atoms with Gasteiger partial charge in [0.1, 0.15) is 5.60 Å². The van der Waals surface area contributed by atoms with Gasteiger partial charge >= 0.3 is 6.09 Å². The first-order valence-electron chi connectivity index (χ1n) is 9.47. The van der Waals surface area contributed by atoms with E-state index in [1.165, 1.54) is 0 Å². The number of amides is 2. The highest BCUT2D eigenvalue weighted by Crippen LogP contribution is 2.35. The van der Waals surface area contributed by atoms with Crippen LogP contribution >= 0.6 is 0 Å². The van der Waals surface area contributed by atoms with E-state index in [2.05, 4.69) is 13.8 Å². The number of hydrogen-bond donors (Lipinski definition) is 1. The number of hydrogen-bond acceptors (Lipinski definition) is 4. The van der Waals surface area contributed by atoms with Crippen LogP contribution < -0.4 is 0 Å². The first kappa shape index (κ1) is 18.7. The van der Waals surface area contributed by atoms with Crippen LogP contribution in [0.3, 0.4) is 0 Å². The zero-order valence-corrected chi connectivity index (χ0v) is 15.6. The van der Waals surface area contributed by atoms with Crippen LogP contribution in [0.25, 0.3) is 0 Å². The monoisotopic (exact) mass is 360 g/mol. The molecule has 0 saturated carbocycles. The number of rotatable bonds is 5. The lowest BCUT2D eigenvalue weighted by atomic mass is 9.90. The van der Waals surface area contributed by atoms with E-state index >= 15 is 0 Å². The standard InChI is InChI=1S/C20H28N2O4/c1-3-4-15(2)22-14-20(26-19(22)25)9-11-21(12-10-20)18(24)17-7-5-16(13-23)6-8-17/h5-8,15,23H,3-4,9-14H2,1-2H3/t15-/m0/s1. The Morgan fingerprint density at radius 1 is 1.27 bits per heavy atom. The van der Waals surface area contributed by atoms with Crippen molar-refractivity contribution in [1.82, 2.24) is 9.80 Å². The van der Waals surface area contributed by atoms with Gasteiger partial charge in [0.25, 0.3) is 5.91 Å². The second-order valence-electron chi connectivity index (χ2n) is 7.46. The molecule has 1 N–H and O–H groups in total. The lowest BCUT2D eigenvalue weighted by Gasteiger charge is -2.37. The number of carbonyl (C=O) groups excluding carboxylic acids is 2. The molecule has 0 bridgehead atoms. The molecule has 26 heavy (non-hydrogen) atoms. The minimum absolute atomic E-state index is 0.00938. The SMILES string of the molecule is CCC[C@H](C)N1CC2(CCN(C(=O)c3ccc(CO)cc3)CC2)OC1=O. The van der Waals surface area contributed by atoms with E-state index in [4.69, 9.17) is 9.84 Å². The van der Waals surface area contributed by atoms with Crippen molar-refractivity contribution in [3.8, 4) is 0 Å². The molecule has 2 amide bonds. The molecule has 1 aromatic carbocycles. The summed E-state index contributed by atoms with van der Waals surface area (Å²) in [4.78, 5) is 28.6. The third-order valence-corrected chi connectivity index (χ3v) is 5.58. The molecule has 0 radical (unpaired) electrons. The minimum atomic E-state index is -0.448. The van der Waals surface area contributed by atoms with Crippen molar-refractivity contribution in [2.24, 2.45) is 0 Å². The first-order valence-corrected chi connectivity index (χ1v) is 9.47. The van der Waals surface area contributed by atoms with E-state index in [1.54, 1.807) is 24.3 Å². The molecule has 0 unspecified atom stereocenters. The highest BCUT2D eigenvalue weighted by Gasteiger charge is 2.48. The number of aliphatic hydroxyl groups excluding tert-OH is 1. The Bertz CT molecular complexity index is 650. The van der Waals surface area contributed by atoms with E-state index in [-0.39, 0.29) is 24.6 Å². The third-order valence-electron chi connectivity index (χ3n) is 5.58. The Balaban J connectivity index is 1.60. The van der Waals surface area contributed by atoms with Gasteiger partial charge in [-0.1, -0.05) is 25.5 Å². The molecule has 0 aliphatic carbocycles.